The largest absolute Gasteiger partial charge is 0.204 e. The topological polar surface area (TPSA) is 0 Å². The maximum absolute atomic E-state index is 13.8. The minimum absolute atomic E-state index is 0.0737. The van der Waals surface area contributed by atoms with Gasteiger partial charge in [0.15, 0.2) is 17.5 Å². The van der Waals surface area contributed by atoms with Crippen LogP contribution in [0.2, 0.25) is 0 Å². The highest BCUT2D eigenvalue weighted by Crippen LogP contribution is 2.35. The zero-order chi connectivity index (χ0) is 15.0. The van der Waals surface area contributed by atoms with Crippen LogP contribution in [0.15, 0.2) is 28.7 Å². The summed E-state index contributed by atoms with van der Waals surface area (Å²) in [4.78, 5) is 0. The molecule has 2 rings (SSSR count). The molecular weight excluding hydrogens is 353 g/mol. The molecule has 0 saturated carbocycles. The van der Waals surface area contributed by atoms with Crippen LogP contribution in [-0.2, 0) is 0 Å². The van der Waals surface area contributed by atoms with Crippen LogP contribution in [0, 0.1) is 31.3 Å². The van der Waals surface area contributed by atoms with Gasteiger partial charge in [0, 0.05) is 10.0 Å². The SMILES string of the molecule is Cc1cc(C(Cl)c2ccc(F)c(F)c2F)c(C)cc1Br. The molecule has 1 unspecified atom stereocenters. The molecule has 0 N–H and O–H groups in total. The molecule has 0 heterocycles. The number of rotatable bonds is 2. The van der Waals surface area contributed by atoms with Gasteiger partial charge in [0.25, 0.3) is 0 Å². The van der Waals surface area contributed by atoms with Gasteiger partial charge >= 0.3 is 0 Å². The Kier molecular flexibility index (Phi) is 4.45. The fourth-order valence-corrected chi connectivity index (χ4v) is 2.84. The van der Waals surface area contributed by atoms with Crippen LogP contribution in [0.4, 0.5) is 13.2 Å². The van der Waals surface area contributed by atoms with Gasteiger partial charge in [-0.3, -0.25) is 0 Å². The Bertz CT molecular complexity index is 669. The van der Waals surface area contributed by atoms with Crippen molar-refractivity contribution in [2.45, 2.75) is 19.2 Å². The van der Waals surface area contributed by atoms with Crippen molar-refractivity contribution in [3.8, 4) is 0 Å². The summed E-state index contributed by atoms with van der Waals surface area (Å²) >= 11 is 9.64. The molecule has 20 heavy (non-hydrogen) atoms. The molecule has 0 spiro atoms. The van der Waals surface area contributed by atoms with E-state index in [1.54, 1.807) is 6.07 Å². The average Bonchev–Trinajstić information content (AvgIpc) is 2.40. The lowest BCUT2D eigenvalue weighted by Gasteiger charge is -2.16. The lowest BCUT2D eigenvalue weighted by Crippen LogP contribution is -2.03. The molecule has 0 nitrogen and oxygen atoms in total. The van der Waals surface area contributed by atoms with Crippen LogP contribution < -0.4 is 0 Å². The first-order valence-electron chi connectivity index (χ1n) is 5.87. The molecule has 106 valence electrons. The molecule has 0 fully saturated rings. The van der Waals surface area contributed by atoms with Crippen LogP contribution >= 0.6 is 27.5 Å². The van der Waals surface area contributed by atoms with E-state index >= 15 is 0 Å². The van der Waals surface area contributed by atoms with E-state index in [0.717, 1.165) is 21.7 Å². The van der Waals surface area contributed by atoms with Crippen LogP contribution in [0.3, 0.4) is 0 Å². The predicted octanol–water partition coefficient (Wildman–Crippen LogP) is 5.81. The van der Waals surface area contributed by atoms with E-state index < -0.39 is 22.8 Å². The summed E-state index contributed by atoms with van der Waals surface area (Å²) in [5, 5.41) is -0.878. The van der Waals surface area contributed by atoms with E-state index in [-0.39, 0.29) is 5.56 Å². The van der Waals surface area contributed by atoms with E-state index in [4.69, 9.17) is 11.6 Å². The highest BCUT2D eigenvalue weighted by Gasteiger charge is 2.22. The van der Waals surface area contributed by atoms with Gasteiger partial charge in [-0.05, 0) is 42.7 Å². The van der Waals surface area contributed by atoms with E-state index in [1.807, 2.05) is 19.9 Å². The van der Waals surface area contributed by atoms with Crippen LogP contribution in [0.5, 0.6) is 0 Å². The Morgan fingerprint density at radius 2 is 1.60 bits per heavy atom. The third kappa shape index (κ3) is 2.72. The van der Waals surface area contributed by atoms with Gasteiger partial charge in [0.1, 0.15) is 0 Å². The molecular formula is C15H11BrClF3. The Morgan fingerprint density at radius 1 is 0.950 bits per heavy atom. The number of benzene rings is 2. The second-order valence-electron chi connectivity index (χ2n) is 4.59. The minimum Gasteiger partial charge on any atom is -0.204 e. The number of hydrogen-bond acceptors (Lipinski definition) is 0. The first-order chi connectivity index (χ1) is 9.32. The smallest absolute Gasteiger partial charge is 0.194 e. The molecule has 5 heteroatoms. The fraction of sp³-hybridized carbons (Fsp3) is 0.200. The summed E-state index contributed by atoms with van der Waals surface area (Å²) < 4.78 is 41.0. The molecule has 0 aliphatic rings. The van der Waals surface area contributed by atoms with Crippen molar-refractivity contribution in [2.75, 3.05) is 0 Å². The van der Waals surface area contributed by atoms with Crippen LogP contribution in [0.1, 0.15) is 27.6 Å². The molecule has 0 aromatic heterocycles. The normalized spacial score (nSPS) is 12.6. The number of alkyl halides is 1. The van der Waals surface area contributed by atoms with Gasteiger partial charge in [-0.1, -0.05) is 28.1 Å². The molecule has 2 aromatic carbocycles. The quantitative estimate of drug-likeness (QED) is 0.466. The Labute approximate surface area is 128 Å². The summed E-state index contributed by atoms with van der Waals surface area (Å²) in [5.41, 5.74) is 2.36. The first kappa shape index (κ1) is 15.4. The van der Waals surface area contributed by atoms with Gasteiger partial charge < -0.3 is 0 Å². The van der Waals surface area contributed by atoms with Crippen molar-refractivity contribution in [2.24, 2.45) is 0 Å². The van der Waals surface area contributed by atoms with Crippen LogP contribution in [-0.4, -0.2) is 0 Å². The summed E-state index contributed by atoms with van der Waals surface area (Å²) in [5.74, 6) is -3.97. The Hall–Kier alpha value is -1.00. The summed E-state index contributed by atoms with van der Waals surface area (Å²) in [6.07, 6.45) is 0. The fourth-order valence-electron chi connectivity index (χ4n) is 1.98. The van der Waals surface area contributed by atoms with Gasteiger partial charge in [-0.25, -0.2) is 13.2 Å². The zero-order valence-electron chi connectivity index (χ0n) is 10.8. The lowest BCUT2D eigenvalue weighted by atomic mass is 9.97. The standard InChI is InChI=1S/C15H11BrClF3/c1-7-6-11(16)8(2)5-10(7)13(17)9-3-4-12(18)15(20)14(9)19/h3-6,13H,1-2H3. The van der Waals surface area contributed by atoms with Crippen LogP contribution in [0.25, 0.3) is 0 Å². The molecule has 2 aromatic rings. The van der Waals surface area contributed by atoms with E-state index in [2.05, 4.69) is 15.9 Å². The number of hydrogen-bond donors (Lipinski definition) is 0. The van der Waals surface area contributed by atoms with Gasteiger partial charge in [-0.15, -0.1) is 11.6 Å². The molecule has 0 saturated heterocycles. The monoisotopic (exact) mass is 362 g/mol. The van der Waals surface area contributed by atoms with E-state index in [9.17, 15) is 13.2 Å². The Morgan fingerprint density at radius 3 is 2.25 bits per heavy atom. The van der Waals surface area contributed by atoms with Gasteiger partial charge in [0.2, 0.25) is 0 Å². The third-order valence-electron chi connectivity index (χ3n) is 3.16. The highest BCUT2D eigenvalue weighted by atomic mass is 79.9. The summed E-state index contributed by atoms with van der Waals surface area (Å²) in [7, 11) is 0. The molecule has 0 aliphatic carbocycles. The van der Waals surface area contributed by atoms with Crippen molar-refractivity contribution in [1.82, 2.24) is 0 Å². The number of aryl methyl sites for hydroxylation is 2. The molecule has 1 atom stereocenters. The molecule has 0 radical (unpaired) electrons. The maximum Gasteiger partial charge on any atom is 0.194 e. The summed E-state index contributed by atoms with van der Waals surface area (Å²) in [6.45, 7) is 3.70. The second-order valence-corrected chi connectivity index (χ2v) is 5.88. The predicted molar refractivity (Wildman–Crippen MR) is 77.6 cm³/mol. The third-order valence-corrected chi connectivity index (χ3v) is 4.48. The van der Waals surface area contributed by atoms with Crippen molar-refractivity contribution >= 4 is 27.5 Å². The highest BCUT2D eigenvalue weighted by molar-refractivity contribution is 9.10. The van der Waals surface area contributed by atoms with E-state index in [1.165, 1.54) is 6.07 Å². The van der Waals surface area contributed by atoms with Gasteiger partial charge in [-0.2, -0.15) is 0 Å². The lowest BCUT2D eigenvalue weighted by molar-refractivity contribution is 0.441. The van der Waals surface area contributed by atoms with Crippen molar-refractivity contribution < 1.29 is 13.2 Å². The first-order valence-corrected chi connectivity index (χ1v) is 7.10. The Balaban J connectivity index is 2.55. The van der Waals surface area contributed by atoms with Crippen molar-refractivity contribution in [3.05, 3.63) is 68.4 Å². The number of halogens is 5. The average molecular weight is 364 g/mol. The second kappa shape index (κ2) is 5.78. The maximum atomic E-state index is 13.8. The van der Waals surface area contributed by atoms with Gasteiger partial charge in [0.05, 0.1) is 5.38 Å². The molecule has 0 amide bonds. The zero-order valence-corrected chi connectivity index (χ0v) is 13.1. The van der Waals surface area contributed by atoms with Crippen molar-refractivity contribution in [3.63, 3.8) is 0 Å². The van der Waals surface area contributed by atoms with Crippen molar-refractivity contribution in [1.29, 1.82) is 0 Å². The summed E-state index contributed by atoms with van der Waals surface area (Å²) in [6, 6.07) is 5.71. The van der Waals surface area contributed by atoms with E-state index in [0.29, 0.717) is 5.56 Å². The minimum atomic E-state index is -1.50. The molecule has 0 bridgehead atoms. The molecule has 0 aliphatic heterocycles.